The molecular weight excluding hydrogens is 328 g/mol. The first-order chi connectivity index (χ1) is 9.15. The van der Waals surface area contributed by atoms with Crippen LogP contribution in [0.2, 0.25) is 0 Å². The molecule has 0 aromatic heterocycles. The van der Waals surface area contributed by atoms with Gasteiger partial charge in [0.15, 0.2) is 0 Å². The molecule has 0 saturated carbocycles. The molecule has 3 N–H and O–H groups in total. The van der Waals surface area contributed by atoms with Gasteiger partial charge in [-0.2, -0.15) is 0 Å². The first-order valence-corrected chi connectivity index (χ1v) is 7.99. The van der Waals surface area contributed by atoms with Crippen molar-refractivity contribution in [3.8, 4) is 0 Å². The number of hydrogen-bond acceptors (Lipinski definition) is 4. The third-order valence-electron chi connectivity index (χ3n) is 2.89. The molecule has 1 saturated heterocycles. The number of carbonyl (C=O) groups is 1. The zero-order valence-electron chi connectivity index (χ0n) is 10.5. The lowest BCUT2D eigenvalue weighted by Gasteiger charge is -2.11. The summed E-state index contributed by atoms with van der Waals surface area (Å²) >= 11 is 4.84. The zero-order chi connectivity index (χ0) is 13.7. The van der Waals surface area contributed by atoms with Gasteiger partial charge in [0.1, 0.15) is 0 Å². The van der Waals surface area contributed by atoms with Crippen molar-refractivity contribution in [2.75, 3.05) is 24.6 Å². The molecule has 1 unspecified atom stereocenters. The Kier molecular flexibility index (Phi) is 5.54. The first kappa shape index (κ1) is 14.7. The van der Waals surface area contributed by atoms with E-state index in [1.54, 1.807) is 0 Å². The van der Waals surface area contributed by atoms with Crippen LogP contribution >= 0.6 is 27.7 Å². The van der Waals surface area contributed by atoms with Crippen LogP contribution in [0, 0.1) is 0 Å². The molecule has 1 aliphatic rings. The zero-order valence-corrected chi connectivity index (χ0v) is 12.9. The van der Waals surface area contributed by atoms with Crippen LogP contribution in [0.15, 0.2) is 27.6 Å². The van der Waals surface area contributed by atoms with E-state index in [-0.39, 0.29) is 12.0 Å². The maximum atomic E-state index is 11.7. The molecule has 2 rings (SSSR count). The highest BCUT2D eigenvalue weighted by atomic mass is 79.9. The minimum atomic E-state index is 0.0138. The largest absolute Gasteiger partial charge is 0.398 e. The van der Waals surface area contributed by atoms with Crippen LogP contribution in [-0.4, -0.2) is 30.9 Å². The molecule has 0 radical (unpaired) electrons. The molecule has 19 heavy (non-hydrogen) atoms. The third-order valence-corrected chi connectivity index (χ3v) is 4.45. The summed E-state index contributed by atoms with van der Waals surface area (Å²) < 4.78 is 6.42. The van der Waals surface area contributed by atoms with E-state index in [0.717, 1.165) is 28.8 Å². The van der Waals surface area contributed by atoms with Gasteiger partial charge >= 0.3 is 0 Å². The number of benzene rings is 1. The average molecular weight is 345 g/mol. The predicted molar refractivity (Wildman–Crippen MR) is 81.3 cm³/mol. The maximum absolute atomic E-state index is 11.7. The standard InChI is InChI=1S/C13H17BrN2O2S/c14-9-3-4-11(15)12(6-9)19-8-13(17)16-7-10-2-1-5-18-10/h3-4,6,10H,1-2,5,7-8,15H2,(H,16,17). The van der Waals surface area contributed by atoms with Crippen molar-refractivity contribution in [3.05, 3.63) is 22.7 Å². The molecule has 1 heterocycles. The second-order valence-electron chi connectivity index (χ2n) is 4.41. The molecule has 1 amide bonds. The average Bonchev–Trinajstić information content (AvgIpc) is 2.90. The molecule has 104 valence electrons. The minimum absolute atomic E-state index is 0.0138. The fourth-order valence-corrected chi connectivity index (χ4v) is 3.21. The highest BCUT2D eigenvalue weighted by molar-refractivity contribution is 9.10. The van der Waals surface area contributed by atoms with E-state index in [4.69, 9.17) is 10.5 Å². The summed E-state index contributed by atoms with van der Waals surface area (Å²) in [7, 11) is 0. The van der Waals surface area contributed by atoms with Gasteiger partial charge in [0.05, 0.1) is 11.9 Å². The van der Waals surface area contributed by atoms with E-state index in [0.29, 0.717) is 18.0 Å². The van der Waals surface area contributed by atoms with Crippen molar-refractivity contribution in [3.63, 3.8) is 0 Å². The van der Waals surface area contributed by atoms with Gasteiger partial charge in [-0.25, -0.2) is 0 Å². The van der Waals surface area contributed by atoms with E-state index in [1.807, 2.05) is 18.2 Å². The number of ether oxygens (including phenoxy) is 1. The molecular formula is C13H17BrN2O2S. The van der Waals surface area contributed by atoms with Crippen molar-refractivity contribution < 1.29 is 9.53 Å². The summed E-state index contributed by atoms with van der Waals surface area (Å²) in [6, 6.07) is 5.64. The van der Waals surface area contributed by atoms with E-state index in [2.05, 4.69) is 21.2 Å². The summed E-state index contributed by atoms with van der Waals surface area (Å²) in [5.41, 5.74) is 6.55. The van der Waals surface area contributed by atoms with Crippen molar-refractivity contribution >= 4 is 39.3 Å². The number of nitrogen functional groups attached to an aromatic ring is 1. The Morgan fingerprint density at radius 3 is 3.16 bits per heavy atom. The summed E-state index contributed by atoms with van der Waals surface area (Å²) in [5, 5.41) is 2.89. The Balaban J connectivity index is 1.74. The van der Waals surface area contributed by atoms with E-state index in [9.17, 15) is 4.79 Å². The van der Waals surface area contributed by atoms with Gasteiger partial charge in [0, 0.05) is 28.2 Å². The van der Waals surface area contributed by atoms with Gasteiger partial charge in [-0.15, -0.1) is 11.8 Å². The smallest absolute Gasteiger partial charge is 0.230 e. The van der Waals surface area contributed by atoms with Crippen LogP contribution < -0.4 is 11.1 Å². The lowest BCUT2D eigenvalue weighted by molar-refractivity contribution is -0.119. The highest BCUT2D eigenvalue weighted by Crippen LogP contribution is 2.28. The number of halogens is 1. The lowest BCUT2D eigenvalue weighted by Crippen LogP contribution is -2.32. The second-order valence-corrected chi connectivity index (χ2v) is 6.34. The van der Waals surface area contributed by atoms with Crippen molar-refractivity contribution in [1.29, 1.82) is 0 Å². The molecule has 6 heteroatoms. The summed E-state index contributed by atoms with van der Waals surface area (Å²) in [4.78, 5) is 12.6. The minimum Gasteiger partial charge on any atom is -0.398 e. The SMILES string of the molecule is Nc1ccc(Br)cc1SCC(=O)NCC1CCCO1. The molecule has 1 fully saturated rings. The van der Waals surface area contributed by atoms with Crippen molar-refractivity contribution in [2.24, 2.45) is 0 Å². The Morgan fingerprint density at radius 1 is 1.58 bits per heavy atom. The molecule has 1 aliphatic heterocycles. The summed E-state index contributed by atoms with van der Waals surface area (Å²) in [6.45, 7) is 1.41. The topological polar surface area (TPSA) is 64.4 Å². The number of carbonyl (C=O) groups excluding carboxylic acids is 1. The number of nitrogens with two attached hydrogens (primary N) is 1. The van der Waals surface area contributed by atoms with Crippen LogP contribution in [0.3, 0.4) is 0 Å². The van der Waals surface area contributed by atoms with E-state index >= 15 is 0 Å². The highest BCUT2D eigenvalue weighted by Gasteiger charge is 2.16. The molecule has 1 aromatic carbocycles. The molecule has 0 spiro atoms. The Bertz CT molecular complexity index is 450. The van der Waals surface area contributed by atoms with E-state index in [1.165, 1.54) is 11.8 Å². The molecule has 1 aromatic rings. The molecule has 1 atom stereocenters. The van der Waals surface area contributed by atoms with Crippen molar-refractivity contribution in [1.82, 2.24) is 5.32 Å². The number of amides is 1. The van der Waals surface area contributed by atoms with E-state index < -0.39 is 0 Å². The summed E-state index contributed by atoms with van der Waals surface area (Å²) in [6.07, 6.45) is 2.31. The number of anilines is 1. The Hall–Kier alpha value is -0.720. The van der Waals surface area contributed by atoms with Crippen LogP contribution in [0.4, 0.5) is 5.69 Å². The molecule has 0 bridgehead atoms. The number of nitrogens with one attached hydrogen (secondary N) is 1. The van der Waals surface area contributed by atoms with Crippen LogP contribution in [0.25, 0.3) is 0 Å². The monoisotopic (exact) mass is 344 g/mol. The molecule has 0 aliphatic carbocycles. The quantitative estimate of drug-likeness (QED) is 0.635. The normalized spacial score (nSPS) is 18.5. The molecule has 4 nitrogen and oxygen atoms in total. The van der Waals surface area contributed by atoms with Crippen LogP contribution in [0.5, 0.6) is 0 Å². The summed E-state index contributed by atoms with van der Waals surface area (Å²) in [5.74, 6) is 0.382. The predicted octanol–water partition coefficient (Wildman–Crippen LogP) is 2.42. The van der Waals surface area contributed by atoms with Gasteiger partial charge in [-0.05, 0) is 31.0 Å². The maximum Gasteiger partial charge on any atom is 0.230 e. The second kappa shape index (κ2) is 7.17. The number of rotatable bonds is 5. The first-order valence-electron chi connectivity index (χ1n) is 6.21. The number of thioether (sulfide) groups is 1. The fourth-order valence-electron chi connectivity index (χ4n) is 1.86. The third kappa shape index (κ3) is 4.71. The Morgan fingerprint density at radius 2 is 2.42 bits per heavy atom. The van der Waals surface area contributed by atoms with Crippen molar-refractivity contribution in [2.45, 2.75) is 23.8 Å². The Labute approximate surface area is 125 Å². The number of hydrogen-bond donors (Lipinski definition) is 2. The van der Waals surface area contributed by atoms with Gasteiger partial charge in [0.25, 0.3) is 0 Å². The van der Waals surface area contributed by atoms with Gasteiger partial charge < -0.3 is 15.8 Å². The lowest BCUT2D eigenvalue weighted by atomic mass is 10.2. The van der Waals surface area contributed by atoms with Crippen LogP contribution in [0.1, 0.15) is 12.8 Å². The fraction of sp³-hybridized carbons (Fsp3) is 0.462. The van der Waals surface area contributed by atoms with Gasteiger partial charge in [-0.3, -0.25) is 4.79 Å². The van der Waals surface area contributed by atoms with Crippen LogP contribution in [-0.2, 0) is 9.53 Å². The van der Waals surface area contributed by atoms with Gasteiger partial charge in [0.2, 0.25) is 5.91 Å². The van der Waals surface area contributed by atoms with Gasteiger partial charge in [-0.1, -0.05) is 15.9 Å².